The highest BCUT2D eigenvalue weighted by Gasteiger charge is 2.22. The standard InChI is InChI=1S/C23H24N6O5/c1-14-18(11-24-28(14)2)26-23(31)21-19(12-25-29(21)3)27-22(30)20-9-8-17(34-20)13-33-16-7-5-6-15(10-16)32-4/h5-12H,13H2,1-4H3,(H,26,31)(H,27,30). The summed E-state index contributed by atoms with van der Waals surface area (Å²) < 4.78 is 19.5. The molecule has 0 unspecified atom stereocenters. The number of anilines is 2. The first-order valence-electron chi connectivity index (χ1n) is 10.3. The number of benzene rings is 1. The lowest BCUT2D eigenvalue weighted by atomic mass is 10.3. The molecular formula is C23H24N6O5. The topological polar surface area (TPSA) is 125 Å². The van der Waals surface area contributed by atoms with Crippen LogP contribution >= 0.6 is 0 Å². The van der Waals surface area contributed by atoms with Crippen LogP contribution in [0.15, 0.2) is 53.2 Å². The molecule has 0 aliphatic rings. The Kier molecular flexibility index (Phi) is 6.35. The van der Waals surface area contributed by atoms with Gasteiger partial charge in [-0.3, -0.25) is 19.0 Å². The molecule has 0 fully saturated rings. The van der Waals surface area contributed by atoms with Crippen LogP contribution in [-0.4, -0.2) is 38.5 Å². The quantitative estimate of drug-likeness (QED) is 0.410. The van der Waals surface area contributed by atoms with Crippen molar-refractivity contribution in [3.8, 4) is 11.5 Å². The van der Waals surface area contributed by atoms with Crippen LogP contribution < -0.4 is 20.1 Å². The molecule has 0 spiro atoms. The maximum atomic E-state index is 12.9. The van der Waals surface area contributed by atoms with Crippen LogP contribution in [0.4, 0.5) is 11.4 Å². The number of hydrogen-bond donors (Lipinski definition) is 2. The summed E-state index contributed by atoms with van der Waals surface area (Å²) in [6, 6.07) is 10.4. The summed E-state index contributed by atoms with van der Waals surface area (Å²) in [7, 11) is 4.97. The minimum atomic E-state index is -0.521. The molecule has 3 aromatic heterocycles. The van der Waals surface area contributed by atoms with Gasteiger partial charge in [-0.25, -0.2) is 0 Å². The maximum absolute atomic E-state index is 12.9. The zero-order valence-corrected chi connectivity index (χ0v) is 19.2. The molecule has 176 valence electrons. The van der Waals surface area contributed by atoms with Gasteiger partial charge in [0.2, 0.25) is 0 Å². The highest BCUT2D eigenvalue weighted by atomic mass is 16.5. The molecule has 11 heteroatoms. The Balaban J connectivity index is 1.42. The number of nitrogens with one attached hydrogen (secondary N) is 2. The van der Waals surface area contributed by atoms with Crippen LogP contribution in [0.25, 0.3) is 0 Å². The van der Waals surface area contributed by atoms with Crippen LogP contribution in [0.2, 0.25) is 0 Å². The molecule has 0 saturated heterocycles. The monoisotopic (exact) mass is 464 g/mol. The summed E-state index contributed by atoms with van der Waals surface area (Å²) in [4.78, 5) is 25.6. The van der Waals surface area contributed by atoms with Crippen molar-refractivity contribution in [3.05, 3.63) is 71.7 Å². The van der Waals surface area contributed by atoms with Crippen molar-refractivity contribution in [1.29, 1.82) is 0 Å². The molecule has 1 aromatic carbocycles. The Morgan fingerprint density at radius 1 is 0.971 bits per heavy atom. The molecule has 4 rings (SSSR count). The first-order valence-corrected chi connectivity index (χ1v) is 10.3. The van der Waals surface area contributed by atoms with Crippen molar-refractivity contribution < 1.29 is 23.5 Å². The van der Waals surface area contributed by atoms with Crippen molar-refractivity contribution in [2.75, 3.05) is 17.7 Å². The molecule has 2 N–H and O–H groups in total. The third-order valence-corrected chi connectivity index (χ3v) is 5.19. The van der Waals surface area contributed by atoms with Crippen molar-refractivity contribution in [3.63, 3.8) is 0 Å². The van der Waals surface area contributed by atoms with E-state index in [4.69, 9.17) is 13.9 Å². The average molecular weight is 464 g/mol. The van der Waals surface area contributed by atoms with Crippen molar-refractivity contribution >= 4 is 23.2 Å². The van der Waals surface area contributed by atoms with Crippen LogP contribution in [-0.2, 0) is 20.7 Å². The zero-order valence-electron chi connectivity index (χ0n) is 19.2. The molecule has 0 aliphatic heterocycles. The van der Waals surface area contributed by atoms with Crippen LogP contribution in [0, 0.1) is 6.92 Å². The molecule has 3 heterocycles. The SMILES string of the molecule is COc1cccc(OCc2ccc(C(=O)Nc3cnn(C)c3C(=O)Nc3cnn(C)c3C)o2)c1. The van der Waals surface area contributed by atoms with E-state index < -0.39 is 11.8 Å². The van der Waals surface area contributed by atoms with Gasteiger partial charge in [-0.15, -0.1) is 0 Å². The second-order valence-corrected chi connectivity index (χ2v) is 7.44. The number of ether oxygens (including phenoxy) is 2. The largest absolute Gasteiger partial charge is 0.497 e. The number of aryl methyl sites for hydroxylation is 2. The van der Waals surface area contributed by atoms with E-state index in [1.54, 1.807) is 50.3 Å². The summed E-state index contributed by atoms with van der Waals surface area (Å²) in [6.45, 7) is 1.96. The smallest absolute Gasteiger partial charge is 0.291 e. The van der Waals surface area contributed by atoms with E-state index in [1.807, 2.05) is 19.1 Å². The zero-order chi connectivity index (χ0) is 24.2. The number of carbonyl (C=O) groups is 2. The van der Waals surface area contributed by atoms with E-state index in [-0.39, 0.29) is 23.7 Å². The van der Waals surface area contributed by atoms with Gasteiger partial charge in [0.05, 0.1) is 36.6 Å². The number of furan rings is 1. The van der Waals surface area contributed by atoms with E-state index in [9.17, 15) is 9.59 Å². The Morgan fingerprint density at radius 3 is 2.41 bits per heavy atom. The summed E-state index contributed by atoms with van der Waals surface area (Å²) in [6.07, 6.45) is 2.96. The van der Waals surface area contributed by atoms with Crippen LogP contribution in [0.1, 0.15) is 32.5 Å². The van der Waals surface area contributed by atoms with Crippen LogP contribution in [0.3, 0.4) is 0 Å². The molecular weight excluding hydrogens is 440 g/mol. The minimum Gasteiger partial charge on any atom is -0.497 e. The molecule has 0 atom stereocenters. The predicted molar refractivity (Wildman–Crippen MR) is 123 cm³/mol. The van der Waals surface area contributed by atoms with E-state index in [0.717, 1.165) is 5.69 Å². The molecule has 4 aromatic rings. The van der Waals surface area contributed by atoms with E-state index in [2.05, 4.69) is 20.8 Å². The predicted octanol–water partition coefficient (Wildman–Crippen LogP) is 3.15. The van der Waals surface area contributed by atoms with Gasteiger partial charge in [0.15, 0.2) is 5.76 Å². The van der Waals surface area contributed by atoms with E-state index >= 15 is 0 Å². The molecule has 2 amide bonds. The number of carbonyl (C=O) groups excluding carboxylic acids is 2. The highest BCUT2D eigenvalue weighted by Crippen LogP contribution is 2.22. The van der Waals surface area contributed by atoms with Crippen molar-refractivity contribution in [2.24, 2.45) is 14.1 Å². The van der Waals surface area contributed by atoms with Gasteiger partial charge in [-0.2, -0.15) is 10.2 Å². The molecule has 34 heavy (non-hydrogen) atoms. The first-order chi connectivity index (χ1) is 16.4. The number of amides is 2. The number of nitrogens with zero attached hydrogens (tertiary/aromatic N) is 4. The second-order valence-electron chi connectivity index (χ2n) is 7.44. The Labute approximate surface area is 195 Å². The molecule has 0 saturated carbocycles. The minimum absolute atomic E-state index is 0.0718. The van der Waals surface area contributed by atoms with Gasteiger partial charge in [0.25, 0.3) is 11.8 Å². The summed E-state index contributed by atoms with van der Waals surface area (Å²) >= 11 is 0. The van der Waals surface area contributed by atoms with Crippen molar-refractivity contribution in [1.82, 2.24) is 19.6 Å². The fourth-order valence-corrected chi connectivity index (χ4v) is 3.21. The molecule has 0 aliphatic carbocycles. The van der Waals surface area contributed by atoms with E-state index in [1.165, 1.54) is 16.9 Å². The third kappa shape index (κ3) is 4.77. The fraction of sp³-hybridized carbons (Fsp3) is 0.217. The lowest BCUT2D eigenvalue weighted by Crippen LogP contribution is -2.20. The van der Waals surface area contributed by atoms with Crippen molar-refractivity contribution in [2.45, 2.75) is 13.5 Å². The number of aromatic nitrogens is 4. The Morgan fingerprint density at radius 2 is 1.68 bits per heavy atom. The van der Waals surface area contributed by atoms with Crippen LogP contribution in [0.5, 0.6) is 11.5 Å². The van der Waals surface area contributed by atoms with E-state index in [0.29, 0.717) is 22.9 Å². The molecule has 0 bridgehead atoms. The summed E-state index contributed by atoms with van der Waals surface area (Å²) in [5.74, 6) is 0.862. The fourth-order valence-electron chi connectivity index (χ4n) is 3.21. The van der Waals surface area contributed by atoms with Gasteiger partial charge >= 0.3 is 0 Å². The lowest BCUT2D eigenvalue weighted by Gasteiger charge is -2.08. The number of hydrogen-bond acceptors (Lipinski definition) is 7. The van der Waals surface area contributed by atoms with Gasteiger partial charge in [-0.05, 0) is 31.2 Å². The molecule has 0 radical (unpaired) electrons. The molecule has 11 nitrogen and oxygen atoms in total. The lowest BCUT2D eigenvalue weighted by molar-refractivity contribution is 0.0992. The second kappa shape index (κ2) is 9.53. The highest BCUT2D eigenvalue weighted by molar-refractivity contribution is 6.11. The van der Waals surface area contributed by atoms with Gasteiger partial charge in [0, 0.05) is 20.2 Å². The Bertz CT molecular complexity index is 1340. The normalized spacial score (nSPS) is 10.7. The van der Waals surface area contributed by atoms with Gasteiger partial charge in [0.1, 0.15) is 29.6 Å². The third-order valence-electron chi connectivity index (χ3n) is 5.19. The summed E-state index contributed by atoms with van der Waals surface area (Å²) in [5.41, 5.74) is 1.79. The summed E-state index contributed by atoms with van der Waals surface area (Å²) in [5, 5.41) is 13.7. The number of rotatable bonds is 8. The average Bonchev–Trinajstić information content (AvgIpc) is 3.53. The van der Waals surface area contributed by atoms with Gasteiger partial charge in [-0.1, -0.05) is 6.07 Å². The Hall–Kier alpha value is -4.54. The first kappa shape index (κ1) is 22.6. The maximum Gasteiger partial charge on any atom is 0.291 e. The van der Waals surface area contributed by atoms with Gasteiger partial charge < -0.3 is 24.5 Å². The number of methoxy groups -OCH3 is 1.